The second-order valence-corrected chi connectivity index (χ2v) is 5.68. The van der Waals surface area contributed by atoms with E-state index in [1.165, 1.54) is 0 Å². The van der Waals surface area contributed by atoms with Crippen LogP contribution in [-0.2, 0) is 14.2 Å². The van der Waals surface area contributed by atoms with Gasteiger partial charge in [-0.3, -0.25) is 0 Å². The van der Waals surface area contributed by atoms with Gasteiger partial charge in [0, 0.05) is 6.61 Å². The molecule has 3 aliphatic heterocycles. The zero-order valence-electron chi connectivity index (χ0n) is 12.6. The minimum Gasteiger partial charge on any atom is -0.493 e. The van der Waals surface area contributed by atoms with E-state index in [0.29, 0.717) is 23.9 Å². The molecule has 0 saturated carbocycles. The zero-order valence-corrected chi connectivity index (χ0v) is 12.6. The van der Waals surface area contributed by atoms with Gasteiger partial charge in [0.25, 0.3) is 0 Å². The summed E-state index contributed by atoms with van der Waals surface area (Å²) in [6, 6.07) is 3.88. The Morgan fingerprint density at radius 2 is 2.09 bits per heavy atom. The molecule has 2 saturated heterocycles. The fourth-order valence-corrected chi connectivity index (χ4v) is 2.91. The lowest BCUT2D eigenvalue weighted by Crippen LogP contribution is -2.26. The number of epoxide rings is 1. The number of fused-ring (bicyclic) bond motifs is 1. The summed E-state index contributed by atoms with van der Waals surface area (Å²) in [4.78, 5) is 0. The third kappa shape index (κ3) is 2.74. The highest BCUT2D eigenvalue weighted by Crippen LogP contribution is 2.45. The average Bonchev–Trinajstić information content (AvgIpc) is 3.29. The molecule has 3 atom stereocenters. The first-order valence-corrected chi connectivity index (χ1v) is 7.71. The van der Waals surface area contributed by atoms with Crippen molar-refractivity contribution in [1.29, 1.82) is 0 Å². The highest BCUT2D eigenvalue weighted by Gasteiger charge is 2.38. The third-order valence-corrected chi connectivity index (χ3v) is 4.14. The summed E-state index contributed by atoms with van der Waals surface area (Å²) >= 11 is 0. The molecule has 0 aromatic heterocycles. The van der Waals surface area contributed by atoms with Crippen molar-refractivity contribution in [3.05, 3.63) is 17.7 Å². The van der Waals surface area contributed by atoms with E-state index in [0.717, 1.165) is 31.4 Å². The summed E-state index contributed by atoms with van der Waals surface area (Å²) in [7, 11) is 1.62. The van der Waals surface area contributed by atoms with Crippen molar-refractivity contribution in [1.82, 2.24) is 0 Å². The van der Waals surface area contributed by atoms with Gasteiger partial charge in [0.15, 0.2) is 17.8 Å². The topological polar surface area (TPSA) is 58.7 Å². The van der Waals surface area contributed by atoms with Crippen LogP contribution in [0.4, 0.5) is 0 Å². The number of rotatable bonds is 5. The standard InChI is InChI=1S/C16H20O6/c1-17-11-6-10(7-12-16(11)21-9-20-12)15(13-8-19-13)22-14-4-2-3-5-18-14/h6-7,13-15H,2-5,8-9H2,1H3/t13-,14?,15+/m0/s1. The lowest BCUT2D eigenvalue weighted by atomic mass is 10.0. The van der Waals surface area contributed by atoms with Gasteiger partial charge < -0.3 is 28.4 Å². The van der Waals surface area contributed by atoms with E-state index < -0.39 is 0 Å². The maximum absolute atomic E-state index is 6.16. The largest absolute Gasteiger partial charge is 0.493 e. The molecule has 1 aromatic carbocycles. The predicted octanol–water partition coefficient (Wildman–Crippen LogP) is 2.41. The molecule has 120 valence electrons. The quantitative estimate of drug-likeness (QED) is 0.779. The summed E-state index contributed by atoms with van der Waals surface area (Å²) in [5, 5.41) is 0. The SMILES string of the molecule is COc1cc([C@@H](OC2CCCCO2)[C@@H]2CO2)cc2c1OCO2. The lowest BCUT2D eigenvalue weighted by molar-refractivity contribution is -0.193. The molecule has 1 unspecified atom stereocenters. The van der Waals surface area contributed by atoms with E-state index in [9.17, 15) is 0 Å². The van der Waals surface area contributed by atoms with Crippen LogP contribution >= 0.6 is 0 Å². The van der Waals surface area contributed by atoms with E-state index in [-0.39, 0.29) is 25.3 Å². The van der Waals surface area contributed by atoms with Gasteiger partial charge in [-0.25, -0.2) is 0 Å². The Bertz CT molecular complexity index is 536. The molecule has 4 rings (SSSR count). The van der Waals surface area contributed by atoms with Crippen molar-refractivity contribution >= 4 is 0 Å². The van der Waals surface area contributed by atoms with Crippen LogP contribution < -0.4 is 14.2 Å². The third-order valence-electron chi connectivity index (χ3n) is 4.14. The van der Waals surface area contributed by atoms with Crippen LogP contribution in [0.3, 0.4) is 0 Å². The highest BCUT2D eigenvalue weighted by atomic mass is 16.7. The Balaban J connectivity index is 1.59. The summed E-state index contributed by atoms with van der Waals surface area (Å²) in [6.07, 6.45) is 2.88. The summed E-state index contributed by atoms with van der Waals surface area (Å²) in [5.74, 6) is 1.99. The van der Waals surface area contributed by atoms with Crippen molar-refractivity contribution in [2.45, 2.75) is 37.8 Å². The number of methoxy groups -OCH3 is 1. The first-order chi connectivity index (χ1) is 10.8. The number of benzene rings is 1. The van der Waals surface area contributed by atoms with Crippen molar-refractivity contribution in [2.24, 2.45) is 0 Å². The van der Waals surface area contributed by atoms with Gasteiger partial charge in [-0.1, -0.05) is 0 Å². The van der Waals surface area contributed by atoms with E-state index in [2.05, 4.69) is 0 Å². The van der Waals surface area contributed by atoms with Gasteiger partial charge in [0.2, 0.25) is 12.5 Å². The van der Waals surface area contributed by atoms with E-state index in [4.69, 9.17) is 28.4 Å². The van der Waals surface area contributed by atoms with Gasteiger partial charge in [0.1, 0.15) is 12.2 Å². The van der Waals surface area contributed by atoms with Gasteiger partial charge in [-0.05, 0) is 37.0 Å². The monoisotopic (exact) mass is 308 g/mol. The molecule has 0 amide bonds. The van der Waals surface area contributed by atoms with Gasteiger partial charge in [-0.15, -0.1) is 0 Å². The molecule has 22 heavy (non-hydrogen) atoms. The molecule has 6 nitrogen and oxygen atoms in total. The van der Waals surface area contributed by atoms with E-state index in [1.807, 2.05) is 12.1 Å². The van der Waals surface area contributed by atoms with Crippen LogP contribution in [-0.4, -0.2) is 39.5 Å². The van der Waals surface area contributed by atoms with Crippen LogP contribution in [0, 0.1) is 0 Å². The van der Waals surface area contributed by atoms with Crippen molar-refractivity contribution in [2.75, 3.05) is 27.1 Å². The van der Waals surface area contributed by atoms with Crippen molar-refractivity contribution in [3.8, 4) is 17.2 Å². The first-order valence-electron chi connectivity index (χ1n) is 7.71. The Labute approximate surface area is 129 Å². The normalized spacial score (nSPS) is 27.5. The predicted molar refractivity (Wildman–Crippen MR) is 76.3 cm³/mol. The molecule has 6 heteroatoms. The zero-order chi connectivity index (χ0) is 14.9. The summed E-state index contributed by atoms with van der Waals surface area (Å²) in [5.41, 5.74) is 0.970. The summed E-state index contributed by atoms with van der Waals surface area (Å²) in [6.45, 7) is 1.67. The van der Waals surface area contributed by atoms with Gasteiger partial charge in [0.05, 0.1) is 13.7 Å². The molecule has 3 aliphatic rings. The van der Waals surface area contributed by atoms with E-state index >= 15 is 0 Å². The van der Waals surface area contributed by atoms with Crippen LogP contribution in [0.15, 0.2) is 12.1 Å². The molecule has 0 radical (unpaired) electrons. The maximum Gasteiger partial charge on any atom is 0.231 e. The molecule has 1 aromatic rings. The molecule has 0 bridgehead atoms. The maximum atomic E-state index is 6.16. The number of hydrogen-bond acceptors (Lipinski definition) is 6. The fraction of sp³-hybridized carbons (Fsp3) is 0.625. The Kier molecular flexibility index (Phi) is 3.82. The second kappa shape index (κ2) is 5.95. The molecule has 0 N–H and O–H groups in total. The highest BCUT2D eigenvalue weighted by molar-refractivity contribution is 5.55. The Morgan fingerprint density at radius 1 is 1.18 bits per heavy atom. The molecule has 2 fully saturated rings. The van der Waals surface area contributed by atoms with Crippen LogP contribution in [0.5, 0.6) is 17.2 Å². The molecule has 0 spiro atoms. The molecular weight excluding hydrogens is 288 g/mol. The number of ether oxygens (including phenoxy) is 6. The smallest absolute Gasteiger partial charge is 0.231 e. The van der Waals surface area contributed by atoms with Crippen molar-refractivity contribution < 1.29 is 28.4 Å². The molecular formula is C16H20O6. The summed E-state index contributed by atoms with van der Waals surface area (Å²) < 4.78 is 33.7. The van der Waals surface area contributed by atoms with E-state index in [1.54, 1.807) is 7.11 Å². The first kappa shape index (κ1) is 14.1. The lowest BCUT2D eigenvalue weighted by Gasteiger charge is -2.27. The minimum absolute atomic E-state index is 0.0654. The van der Waals surface area contributed by atoms with Crippen LogP contribution in [0.25, 0.3) is 0 Å². The minimum atomic E-state index is -0.175. The van der Waals surface area contributed by atoms with Crippen molar-refractivity contribution in [3.63, 3.8) is 0 Å². The van der Waals surface area contributed by atoms with Gasteiger partial charge >= 0.3 is 0 Å². The Hall–Kier alpha value is -1.50. The number of hydrogen-bond donors (Lipinski definition) is 0. The van der Waals surface area contributed by atoms with Gasteiger partial charge in [-0.2, -0.15) is 0 Å². The van der Waals surface area contributed by atoms with Crippen LogP contribution in [0.2, 0.25) is 0 Å². The fourth-order valence-electron chi connectivity index (χ4n) is 2.91. The second-order valence-electron chi connectivity index (χ2n) is 5.68. The Morgan fingerprint density at radius 3 is 2.82 bits per heavy atom. The average molecular weight is 308 g/mol. The molecule has 0 aliphatic carbocycles. The van der Waals surface area contributed by atoms with Crippen LogP contribution in [0.1, 0.15) is 30.9 Å². The molecule has 3 heterocycles.